The van der Waals surface area contributed by atoms with E-state index in [1.165, 1.54) is 0 Å². The lowest BCUT2D eigenvalue weighted by Gasteiger charge is -2.16. The van der Waals surface area contributed by atoms with Crippen LogP contribution in [-0.4, -0.2) is 26.3 Å². The van der Waals surface area contributed by atoms with Crippen LogP contribution in [0, 0.1) is 0 Å². The number of benzene rings is 2. The van der Waals surface area contributed by atoms with Crippen molar-refractivity contribution < 1.29 is 9.47 Å². The maximum Gasteiger partial charge on any atom is 0.122 e. The molecule has 4 heteroatoms. The lowest BCUT2D eigenvalue weighted by atomic mass is 9.97. The van der Waals surface area contributed by atoms with Crippen molar-refractivity contribution in [2.75, 3.05) is 14.2 Å². The first kappa shape index (κ1) is 16.6. The summed E-state index contributed by atoms with van der Waals surface area (Å²) in [5, 5.41) is 2.25. The summed E-state index contributed by atoms with van der Waals surface area (Å²) in [5.41, 5.74) is 14.1. The Balaban J connectivity index is 2.57. The van der Waals surface area contributed by atoms with E-state index in [1.54, 1.807) is 14.2 Å². The Hall–Kier alpha value is -1.78. The molecule has 2 aromatic carbocycles. The third-order valence-electron chi connectivity index (χ3n) is 3.72. The molecule has 0 saturated carbocycles. The van der Waals surface area contributed by atoms with E-state index in [0.717, 1.165) is 46.2 Å². The van der Waals surface area contributed by atoms with Gasteiger partial charge >= 0.3 is 0 Å². The predicted molar refractivity (Wildman–Crippen MR) is 91.8 cm³/mol. The zero-order valence-corrected chi connectivity index (χ0v) is 13.8. The highest BCUT2D eigenvalue weighted by molar-refractivity contribution is 5.87. The third kappa shape index (κ3) is 3.70. The third-order valence-corrected chi connectivity index (χ3v) is 3.72. The predicted octanol–water partition coefficient (Wildman–Crippen LogP) is 2.64. The first-order valence-electron chi connectivity index (χ1n) is 7.63. The molecule has 0 amide bonds. The van der Waals surface area contributed by atoms with Crippen LogP contribution in [0.15, 0.2) is 24.3 Å². The molecule has 0 radical (unpaired) electrons. The second kappa shape index (κ2) is 6.99. The van der Waals surface area contributed by atoms with Crippen molar-refractivity contribution in [1.29, 1.82) is 0 Å². The molecule has 0 spiro atoms. The fourth-order valence-electron chi connectivity index (χ4n) is 2.80. The standard InChI is InChI=1S/C18H26N2O2/c1-11(19)5-15-7-13-8-16(6-12(2)20)18(22-4)10-14(13)9-17(15)21-3/h7-12H,5-6,19-20H2,1-4H3. The fourth-order valence-corrected chi connectivity index (χ4v) is 2.80. The summed E-state index contributed by atoms with van der Waals surface area (Å²) < 4.78 is 11.0. The van der Waals surface area contributed by atoms with Gasteiger partial charge in [0.2, 0.25) is 0 Å². The summed E-state index contributed by atoms with van der Waals surface area (Å²) >= 11 is 0. The van der Waals surface area contributed by atoms with E-state index in [4.69, 9.17) is 20.9 Å². The highest BCUT2D eigenvalue weighted by Crippen LogP contribution is 2.32. The molecule has 0 aliphatic rings. The van der Waals surface area contributed by atoms with Gasteiger partial charge in [-0.2, -0.15) is 0 Å². The molecule has 2 unspecified atom stereocenters. The number of rotatable bonds is 6. The average molecular weight is 302 g/mol. The van der Waals surface area contributed by atoms with Gasteiger partial charge in [-0.25, -0.2) is 0 Å². The maximum absolute atomic E-state index is 5.94. The Morgan fingerprint density at radius 2 is 1.14 bits per heavy atom. The molecule has 0 fully saturated rings. The van der Waals surface area contributed by atoms with Gasteiger partial charge in [0.25, 0.3) is 0 Å². The Kier molecular flexibility index (Phi) is 5.27. The normalized spacial score (nSPS) is 13.9. The summed E-state index contributed by atoms with van der Waals surface area (Å²) in [7, 11) is 3.38. The van der Waals surface area contributed by atoms with Crippen LogP contribution in [0.1, 0.15) is 25.0 Å². The highest BCUT2D eigenvalue weighted by atomic mass is 16.5. The van der Waals surface area contributed by atoms with Gasteiger partial charge in [0, 0.05) is 12.1 Å². The molecule has 4 N–H and O–H groups in total. The number of fused-ring (bicyclic) bond motifs is 1. The van der Waals surface area contributed by atoms with Crippen LogP contribution in [0.4, 0.5) is 0 Å². The molecule has 0 aliphatic carbocycles. The second-order valence-electron chi connectivity index (χ2n) is 6.04. The van der Waals surface area contributed by atoms with Crippen LogP contribution < -0.4 is 20.9 Å². The van der Waals surface area contributed by atoms with E-state index in [1.807, 2.05) is 26.0 Å². The van der Waals surface area contributed by atoms with Gasteiger partial charge in [-0.15, -0.1) is 0 Å². The van der Waals surface area contributed by atoms with E-state index < -0.39 is 0 Å². The topological polar surface area (TPSA) is 70.5 Å². The molecule has 22 heavy (non-hydrogen) atoms. The number of hydrogen-bond donors (Lipinski definition) is 2. The zero-order valence-electron chi connectivity index (χ0n) is 13.8. The van der Waals surface area contributed by atoms with Gasteiger partial charge in [-0.1, -0.05) is 0 Å². The monoisotopic (exact) mass is 302 g/mol. The summed E-state index contributed by atoms with van der Waals surface area (Å²) in [5.74, 6) is 1.73. The zero-order chi connectivity index (χ0) is 16.3. The molecule has 4 nitrogen and oxygen atoms in total. The lowest BCUT2D eigenvalue weighted by molar-refractivity contribution is 0.407. The molecule has 2 atom stereocenters. The van der Waals surface area contributed by atoms with Crippen LogP contribution in [-0.2, 0) is 12.8 Å². The van der Waals surface area contributed by atoms with Crippen LogP contribution in [0.25, 0.3) is 10.8 Å². The minimum absolute atomic E-state index is 0.0909. The molecular formula is C18H26N2O2. The second-order valence-corrected chi connectivity index (χ2v) is 6.04. The molecule has 0 heterocycles. The van der Waals surface area contributed by atoms with Gasteiger partial charge in [0.15, 0.2) is 0 Å². The van der Waals surface area contributed by atoms with Gasteiger partial charge in [-0.05, 0) is 72.9 Å². The minimum Gasteiger partial charge on any atom is -0.496 e. The summed E-state index contributed by atoms with van der Waals surface area (Å²) in [6, 6.07) is 8.58. The first-order chi connectivity index (χ1) is 10.4. The van der Waals surface area contributed by atoms with Gasteiger partial charge in [0.05, 0.1) is 14.2 Å². The van der Waals surface area contributed by atoms with E-state index in [9.17, 15) is 0 Å². The van der Waals surface area contributed by atoms with Crippen LogP contribution >= 0.6 is 0 Å². The molecule has 2 rings (SSSR count). The molecule has 0 bridgehead atoms. The van der Waals surface area contributed by atoms with Crippen molar-refractivity contribution in [3.8, 4) is 11.5 Å². The van der Waals surface area contributed by atoms with Crippen LogP contribution in [0.3, 0.4) is 0 Å². The number of hydrogen-bond acceptors (Lipinski definition) is 4. The fraction of sp³-hybridized carbons (Fsp3) is 0.444. The van der Waals surface area contributed by atoms with Crippen molar-refractivity contribution in [1.82, 2.24) is 0 Å². The SMILES string of the molecule is COc1cc2cc(OC)c(CC(C)N)cc2cc1CC(C)N. The van der Waals surface area contributed by atoms with Crippen LogP contribution in [0.5, 0.6) is 11.5 Å². The Labute approximate surface area is 132 Å². The number of nitrogens with two attached hydrogens (primary N) is 2. The molecule has 0 saturated heterocycles. The van der Waals surface area contributed by atoms with Crippen molar-refractivity contribution in [3.05, 3.63) is 35.4 Å². The lowest BCUT2D eigenvalue weighted by Crippen LogP contribution is -2.18. The van der Waals surface area contributed by atoms with Crippen molar-refractivity contribution >= 4 is 10.8 Å². The molecule has 0 aliphatic heterocycles. The number of methoxy groups -OCH3 is 2. The highest BCUT2D eigenvalue weighted by Gasteiger charge is 2.12. The van der Waals surface area contributed by atoms with E-state index >= 15 is 0 Å². The van der Waals surface area contributed by atoms with Gasteiger partial charge in [0.1, 0.15) is 11.5 Å². The summed E-state index contributed by atoms with van der Waals surface area (Å²) in [4.78, 5) is 0. The minimum atomic E-state index is 0.0909. The molecular weight excluding hydrogens is 276 g/mol. The summed E-state index contributed by atoms with van der Waals surface area (Å²) in [6.07, 6.45) is 1.57. The number of ether oxygens (including phenoxy) is 2. The van der Waals surface area contributed by atoms with Gasteiger partial charge < -0.3 is 20.9 Å². The van der Waals surface area contributed by atoms with Crippen LogP contribution in [0.2, 0.25) is 0 Å². The quantitative estimate of drug-likeness (QED) is 0.860. The van der Waals surface area contributed by atoms with Crippen molar-refractivity contribution in [3.63, 3.8) is 0 Å². The Morgan fingerprint density at radius 1 is 0.773 bits per heavy atom. The first-order valence-corrected chi connectivity index (χ1v) is 7.63. The van der Waals surface area contributed by atoms with E-state index in [2.05, 4.69) is 12.1 Å². The van der Waals surface area contributed by atoms with E-state index in [-0.39, 0.29) is 12.1 Å². The largest absolute Gasteiger partial charge is 0.496 e. The molecule has 2 aromatic rings. The molecule has 120 valence electrons. The molecule has 0 aromatic heterocycles. The summed E-state index contributed by atoms with van der Waals surface area (Å²) in [6.45, 7) is 4.00. The Bertz CT molecular complexity index is 598. The van der Waals surface area contributed by atoms with Gasteiger partial charge in [-0.3, -0.25) is 0 Å². The average Bonchev–Trinajstić information content (AvgIpc) is 2.44. The smallest absolute Gasteiger partial charge is 0.122 e. The maximum atomic E-state index is 5.94. The van der Waals surface area contributed by atoms with Crippen molar-refractivity contribution in [2.24, 2.45) is 11.5 Å². The van der Waals surface area contributed by atoms with E-state index in [0.29, 0.717) is 0 Å². The van der Waals surface area contributed by atoms with Crippen molar-refractivity contribution in [2.45, 2.75) is 38.8 Å². The Morgan fingerprint density at radius 3 is 1.45 bits per heavy atom.